The van der Waals surface area contributed by atoms with Crippen LogP contribution in [-0.4, -0.2) is 6.04 Å². The van der Waals surface area contributed by atoms with Gasteiger partial charge >= 0.3 is 0 Å². The topological polar surface area (TPSA) is 12.0 Å². The number of hydrogen-bond acceptors (Lipinski definition) is 1. The molecule has 1 aromatic rings. The minimum absolute atomic E-state index is 0.122. The standard InChI is InChI=1S/C14H20FN/c1-3-11-4-5-13(9-11)16-12-6-7-14(15)10(2)8-12/h6-8,11,13,16H,3-5,9H2,1-2H3. The van der Waals surface area contributed by atoms with Crippen LogP contribution in [0.3, 0.4) is 0 Å². The van der Waals surface area contributed by atoms with E-state index in [9.17, 15) is 4.39 Å². The van der Waals surface area contributed by atoms with Crippen molar-refractivity contribution in [3.05, 3.63) is 29.6 Å². The Hall–Kier alpha value is -1.05. The van der Waals surface area contributed by atoms with Gasteiger partial charge in [-0.3, -0.25) is 0 Å². The molecule has 88 valence electrons. The van der Waals surface area contributed by atoms with Crippen molar-refractivity contribution in [2.75, 3.05) is 5.32 Å². The minimum Gasteiger partial charge on any atom is -0.382 e. The van der Waals surface area contributed by atoms with Gasteiger partial charge in [-0.15, -0.1) is 0 Å². The number of hydrogen-bond donors (Lipinski definition) is 1. The lowest BCUT2D eigenvalue weighted by Crippen LogP contribution is -2.15. The molecule has 2 rings (SSSR count). The molecule has 2 atom stereocenters. The van der Waals surface area contributed by atoms with Gasteiger partial charge in [0.1, 0.15) is 5.82 Å². The molecule has 0 radical (unpaired) electrons. The van der Waals surface area contributed by atoms with Crippen LogP contribution in [0.2, 0.25) is 0 Å². The summed E-state index contributed by atoms with van der Waals surface area (Å²) in [6.07, 6.45) is 5.11. The zero-order chi connectivity index (χ0) is 11.5. The molecule has 2 unspecified atom stereocenters. The van der Waals surface area contributed by atoms with Crippen LogP contribution in [0.5, 0.6) is 0 Å². The van der Waals surface area contributed by atoms with Gasteiger partial charge in [0.25, 0.3) is 0 Å². The molecule has 0 amide bonds. The van der Waals surface area contributed by atoms with Crippen LogP contribution in [0.4, 0.5) is 10.1 Å². The van der Waals surface area contributed by atoms with E-state index < -0.39 is 0 Å². The predicted octanol–water partition coefficient (Wildman–Crippen LogP) is 4.12. The summed E-state index contributed by atoms with van der Waals surface area (Å²) >= 11 is 0. The van der Waals surface area contributed by atoms with Crippen molar-refractivity contribution >= 4 is 5.69 Å². The number of rotatable bonds is 3. The fraction of sp³-hybridized carbons (Fsp3) is 0.571. The summed E-state index contributed by atoms with van der Waals surface area (Å²) in [4.78, 5) is 0. The molecule has 1 aliphatic carbocycles. The fourth-order valence-electron chi connectivity index (χ4n) is 2.55. The summed E-state index contributed by atoms with van der Waals surface area (Å²) in [5.74, 6) is 0.752. The second-order valence-electron chi connectivity index (χ2n) is 4.89. The van der Waals surface area contributed by atoms with Crippen LogP contribution in [0.25, 0.3) is 0 Å². The Balaban J connectivity index is 1.97. The van der Waals surface area contributed by atoms with Crippen molar-refractivity contribution in [1.29, 1.82) is 0 Å². The Morgan fingerprint density at radius 1 is 1.38 bits per heavy atom. The van der Waals surface area contributed by atoms with Gasteiger partial charge in [0.15, 0.2) is 0 Å². The number of halogens is 1. The molecule has 1 saturated carbocycles. The van der Waals surface area contributed by atoms with E-state index in [2.05, 4.69) is 12.2 Å². The van der Waals surface area contributed by atoms with Crippen molar-refractivity contribution < 1.29 is 4.39 Å². The highest BCUT2D eigenvalue weighted by molar-refractivity contribution is 5.46. The molecule has 0 saturated heterocycles. The summed E-state index contributed by atoms with van der Waals surface area (Å²) in [7, 11) is 0. The molecule has 0 aromatic heterocycles. The first kappa shape index (κ1) is 11.4. The first-order valence-electron chi connectivity index (χ1n) is 6.21. The van der Waals surface area contributed by atoms with Gasteiger partial charge in [-0.25, -0.2) is 4.39 Å². The molecule has 0 spiro atoms. The monoisotopic (exact) mass is 221 g/mol. The first-order valence-corrected chi connectivity index (χ1v) is 6.21. The molecule has 1 aliphatic rings. The van der Waals surface area contributed by atoms with Crippen LogP contribution in [-0.2, 0) is 0 Å². The number of anilines is 1. The van der Waals surface area contributed by atoms with Crippen LogP contribution < -0.4 is 5.32 Å². The average Bonchev–Trinajstić information content (AvgIpc) is 2.71. The van der Waals surface area contributed by atoms with Crippen molar-refractivity contribution in [3.63, 3.8) is 0 Å². The molecule has 1 N–H and O–H groups in total. The molecule has 1 nitrogen and oxygen atoms in total. The largest absolute Gasteiger partial charge is 0.382 e. The fourth-order valence-corrected chi connectivity index (χ4v) is 2.55. The lowest BCUT2D eigenvalue weighted by Gasteiger charge is -2.15. The Bertz CT molecular complexity index is 362. The van der Waals surface area contributed by atoms with E-state index in [0.717, 1.165) is 17.2 Å². The van der Waals surface area contributed by atoms with Crippen molar-refractivity contribution in [2.24, 2.45) is 5.92 Å². The Labute approximate surface area is 97.1 Å². The lowest BCUT2D eigenvalue weighted by molar-refractivity contribution is 0.525. The highest BCUT2D eigenvalue weighted by Crippen LogP contribution is 2.30. The quantitative estimate of drug-likeness (QED) is 0.809. The molecule has 0 aliphatic heterocycles. The smallest absolute Gasteiger partial charge is 0.126 e. The minimum atomic E-state index is -0.122. The number of benzene rings is 1. The van der Waals surface area contributed by atoms with E-state index >= 15 is 0 Å². The van der Waals surface area contributed by atoms with E-state index in [0.29, 0.717) is 6.04 Å². The molecule has 0 bridgehead atoms. The summed E-state index contributed by atoms with van der Waals surface area (Å²) < 4.78 is 13.1. The van der Waals surface area contributed by atoms with E-state index in [1.165, 1.54) is 25.7 Å². The van der Waals surface area contributed by atoms with Gasteiger partial charge in [0.2, 0.25) is 0 Å². The number of aryl methyl sites for hydroxylation is 1. The maximum absolute atomic E-state index is 13.1. The maximum atomic E-state index is 13.1. The van der Waals surface area contributed by atoms with Crippen molar-refractivity contribution in [3.8, 4) is 0 Å². The zero-order valence-corrected chi connectivity index (χ0v) is 10.1. The van der Waals surface area contributed by atoms with Crippen molar-refractivity contribution in [2.45, 2.75) is 45.6 Å². The average molecular weight is 221 g/mol. The van der Waals surface area contributed by atoms with Gasteiger partial charge in [0.05, 0.1) is 0 Å². The predicted molar refractivity (Wildman–Crippen MR) is 66.2 cm³/mol. The van der Waals surface area contributed by atoms with Gasteiger partial charge in [-0.05, 0) is 55.9 Å². The summed E-state index contributed by atoms with van der Waals surface area (Å²) in [5.41, 5.74) is 1.77. The van der Waals surface area contributed by atoms with Gasteiger partial charge in [0, 0.05) is 11.7 Å². The van der Waals surface area contributed by atoms with Crippen LogP contribution in [0, 0.1) is 18.7 Å². The maximum Gasteiger partial charge on any atom is 0.126 e. The van der Waals surface area contributed by atoms with Crippen LogP contribution in [0.15, 0.2) is 18.2 Å². The van der Waals surface area contributed by atoms with E-state index in [4.69, 9.17) is 0 Å². The summed E-state index contributed by atoms with van der Waals surface area (Å²) in [6, 6.07) is 5.86. The van der Waals surface area contributed by atoms with Crippen LogP contribution in [0.1, 0.15) is 38.2 Å². The molecule has 1 fully saturated rings. The normalized spacial score (nSPS) is 24.7. The third kappa shape index (κ3) is 2.55. The first-order chi connectivity index (χ1) is 7.69. The summed E-state index contributed by atoms with van der Waals surface area (Å²) in [5, 5.41) is 3.51. The third-order valence-corrected chi connectivity index (χ3v) is 3.65. The summed E-state index contributed by atoms with van der Waals surface area (Å²) in [6.45, 7) is 4.07. The Morgan fingerprint density at radius 3 is 2.81 bits per heavy atom. The highest BCUT2D eigenvalue weighted by atomic mass is 19.1. The van der Waals surface area contributed by atoms with Gasteiger partial charge < -0.3 is 5.32 Å². The zero-order valence-electron chi connectivity index (χ0n) is 10.1. The second-order valence-corrected chi connectivity index (χ2v) is 4.89. The Morgan fingerprint density at radius 2 is 2.19 bits per heavy atom. The van der Waals surface area contributed by atoms with E-state index in [-0.39, 0.29) is 5.82 Å². The van der Waals surface area contributed by atoms with Crippen LogP contribution >= 0.6 is 0 Å². The van der Waals surface area contributed by atoms with E-state index in [1.807, 2.05) is 19.1 Å². The molecule has 0 heterocycles. The third-order valence-electron chi connectivity index (χ3n) is 3.65. The molecule has 2 heteroatoms. The molecule has 16 heavy (non-hydrogen) atoms. The number of nitrogens with one attached hydrogen (secondary N) is 1. The SMILES string of the molecule is CCC1CCC(Nc2ccc(F)c(C)c2)C1. The molecular formula is C14H20FN. The molecule has 1 aromatic carbocycles. The van der Waals surface area contributed by atoms with Gasteiger partial charge in [-0.1, -0.05) is 13.3 Å². The van der Waals surface area contributed by atoms with E-state index in [1.54, 1.807) is 6.07 Å². The van der Waals surface area contributed by atoms with Crippen molar-refractivity contribution in [1.82, 2.24) is 0 Å². The lowest BCUT2D eigenvalue weighted by atomic mass is 10.1. The Kier molecular flexibility index (Phi) is 3.47. The van der Waals surface area contributed by atoms with Gasteiger partial charge in [-0.2, -0.15) is 0 Å². The molecular weight excluding hydrogens is 201 g/mol. The second kappa shape index (κ2) is 4.86. The highest BCUT2D eigenvalue weighted by Gasteiger charge is 2.22.